The molecule has 5 aromatic rings. The summed E-state index contributed by atoms with van der Waals surface area (Å²) in [4.78, 5) is 16.3. The van der Waals surface area contributed by atoms with Gasteiger partial charge in [-0.3, -0.25) is 4.79 Å². The summed E-state index contributed by atoms with van der Waals surface area (Å²) in [5, 5.41) is 23.5. The van der Waals surface area contributed by atoms with Crippen molar-refractivity contribution in [3.63, 3.8) is 0 Å². The molecule has 0 spiro atoms. The number of hydrogen-bond donors (Lipinski definition) is 4. The molecule has 2 aromatic heterocycles. The van der Waals surface area contributed by atoms with Crippen LogP contribution >= 0.6 is 11.8 Å². The Hall–Kier alpha value is -4.02. The van der Waals surface area contributed by atoms with Crippen LogP contribution in [0.1, 0.15) is 35.4 Å². The van der Waals surface area contributed by atoms with E-state index in [0.29, 0.717) is 26.1 Å². The van der Waals surface area contributed by atoms with Crippen LogP contribution in [0, 0.1) is 13.8 Å². The zero-order valence-electron chi connectivity index (χ0n) is 26.1. The van der Waals surface area contributed by atoms with Crippen LogP contribution in [0.2, 0.25) is 0 Å². The highest BCUT2D eigenvalue weighted by atomic mass is 32.2. The van der Waals surface area contributed by atoms with Crippen LogP contribution in [0.4, 0.5) is 0 Å². The van der Waals surface area contributed by atoms with Gasteiger partial charge in [-0.15, -0.1) is 16.9 Å². The molecule has 3 heterocycles. The molecule has 0 aliphatic carbocycles. The molecule has 1 saturated heterocycles. The average Bonchev–Trinajstić information content (AvgIpc) is 3.64. The number of carbonyl (C=O) groups excluding carboxylic acids is 1. The molecule has 232 valence electrons. The van der Waals surface area contributed by atoms with Gasteiger partial charge in [0.05, 0.1) is 18.0 Å². The molecule has 6 rings (SSSR count). The minimum absolute atomic E-state index is 0.112. The van der Waals surface area contributed by atoms with E-state index in [0.717, 1.165) is 30.0 Å². The van der Waals surface area contributed by atoms with Crippen LogP contribution in [0.15, 0.2) is 79.0 Å². The minimum Gasteiger partial charge on any atom is -0.395 e. The number of fused-ring (bicyclic) bond motifs is 1. The first-order chi connectivity index (χ1) is 21.9. The first-order valence-corrected chi connectivity index (χ1v) is 16.7. The normalized spacial score (nSPS) is 16.4. The topological polar surface area (TPSA) is 104 Å². The van der Waals surface area contributed by atoms with Crippen molar-refractivity contribution in [1.29, 1.82) is 0 Å². The Bertz CT molecular complexity index is 1820. The molecule has 4 N–H and O–H groups in total. The van der Waals surface area contributed by atoms with Crippen molar-refractivity contribution in [2.75, 3.05) is 26.0 Å². The highest BCUT2D eigenvalue weighted by Crippen LogP contribution is 2.37. The van der Waals surface area contributed by atoms with Gasteiger partial charge in [0.2, 0.25) is 5.91 Å². The predicted molar refractivity (Wildman–Crippen MR) is 183 cm³/mol. The summed E-state index contributed by atoms with van der Waals surface area (Å²) in [7, 11) is 0. The van der Waals surface area contributed by atoms with E-state index < -0.39 is 0 Å². The van der Waals surface area contributed by atoms with Gasteiger partial charge in [-0.2, -0.15) is 0 Å². The first-order valence-electron chi connectivity index (χ1n) is 15.4. The van der Waals surface area contributed by atoms with E-state index in [1.54, 1.807) is 11.8 Å². The molecule has 1 aliphatic rings. The van der Waals surface area contributed by atoms with E-state index in [2.05, 4.69) is 108 Å². The fourth-order valence-electron chi connectivity index (χ4n) is 6.19. The standard InChI is InChI=1S/C36H40N6O2S/c1-24-29(27-12-10-26(11-13-27)21-37-17-19-43)6-4-8-31(24)32-9-5-7-30(25(32)2)28-15-18-42-34(20-28)39-33(41-42)22-38-23-36(45-3)16-14-35(44)40-36/h4-13,15,18,20,37-38,43H,14,16-17,19,21-23H2,1-3H3,(H,40,44)/t36-/m1/s1. The van der Waals surface area contributed by atoms with E-state index >= 15 is 0 Å². The summed E-state index contributed by atoms with van der Waals surface area (Å²) < 4.78 is 1.82. The van der Waals surface area contributed by atoms with Crippen molar-refractivity contribution in [3.8, 4) is 33.4 Å². The minimum atomic E-state index is -0.257. The number of thioether (sulfide) groups is 1. The fraction of sp³-hybridized carbons (Fsp3) is 0.306. The van der Waals surface area contributed by atoms with Crippen molar-refractivity contribution in [2.45, 2.75) is 44.6 Å². The zero-order chi connectivity index (χ0) is 31.4. The number of rotatable bonds is 12. The molecule has 45 heavy (non-hydrogen) atoms. The lowest BCUT2D eigenvalue weighted by atomic mass is 9.88. The summed E-state index contributed by atoms with van der Waals surface area (Å²) in [5.41, 5.74) is 11.6. The number of aromatic nitrogens is 3. The Morgan fingerprint density at radius 2 is 1.60 bits per heavy atom. The van der Waals surface area contributed by atoms with Gasteiger partial charge in [0.25, 0.3) is 0 Å². The molecule has 0 radical (unpaired) electrons. The summed E-state index contributed by atoms with van der Waals surface area (Å²) >= 11 is 1.68. The number of nitrogens with zero attached hydrogens (tertiary/aromatic N) is 3. The third kappa shape index (κ3) is 6.67. The third-order valence-corrected chi connectivity index (χ3v) is 9.97. The molecule has 9 heteroatoms. The number of carbonyl (C=O) groups is 1. The van der Waals surface area contributed by atoms with E-state index in [1.165, 1.54) is 44.5 Å². The van der Waals surface area contributed by atoms with Gasteiger partial charge >= 0.3 is 0 Å². The molecule has 1 aliphatic heterocycles. The lowest BCUT2D eigenvalue weighted by Crippen LogP contribution is -2.46. The Morgan fingerprint density at radius 1 is 0.911 bits per heavy atom. The highest BCUT2D eigenvalue weighted by molar-refractivity contribution is 8.00. The number of benzene rings is 3. The number of amides is 1. The Labute approximate surface area is 268 Å². The van der Waals surface area contributed by atoms with Crippen LogP contribution in [-0.2, 0) is 17.9 Å². The average molecular weight is 621 g/mol. The molecule has 0 saturated carbocycles. The van der Waals surface area contributed by atoms with Gasteiger partial charge < -0.3 is 21.1 Å². The van der Waals surface area contributed by atoms with Crippen molar-refractivity contribution >= 4 is 23.3 Å². The van der Waals surface area contributed by atoms with Gasteiger partial charge in [0, 0.05) is 32.3 Å². The molecule has 0 unspecified atom stereocenters. The second-order valence-electron chi connectivity index (χ2n) is 11.6. The van der Waals surface area contributed by atoms with Gasteiger partial charge in [0.1, 0.15) is 0 Å². The summed E-state index contributed by atoms with van der Waals surface area (Å²) in [6.07, 6.45) is 5.40. The Balaban J connectivity index is 1.22. The fourth-order valence-corrected chi connectivity index (χ4v) is 6.96. The first kappa shape index (κ1) is 31.0. The number of aliphatic hydroxyl groups excluding tert-OH is 1. The number of hydrogen-bond acceptors (Lipinski definition) is 7. The van der Waals surface area contributed by atoms with Gasteiger partial charge in [-0.25, -0.2) is 9.50 Å². The SMILES string of the molecule is CS[C@@]1(CNCc2nc3cc(-c4cccc(-c5cccc(-c6ccc(CNCCO)cc6)c5C)c4C)ccn3n2)CCC(=O)N1. The largest absolute Gasteiger partial charge is 0.395 e. The van der Waals surface area contributed by atoms with Crippen LogP contribution in [0.5, 0.6) is 0 Å². The molecular formula is C36H40N6O2S. The van der Waals surface area contributed by atoms with Gasteiger partial charge in [0.15, 0.2) is 11.5 Å². The van der Waals surface area contributed by atoms with Gasteiger partial charge in [-0.05, 0) is 88.7 Å². The summed E-state index contributed by atoms with van der Waals surface area (Å²) in [5.74, 6) is 0.834. The van der Waals surface area contributed by atoms with Crippen molar-refractivity contribution < 1.29 is 9.90 Å². The lowest BCUT2D eigenvalue weighted by Gasteiger charge is -2.26. The van der Waals surface area contributed by atoms with Gasteiger partial charge in [-0.1, -0.05) is 60.7 Å². The van der Waals surface area contributed by atoms with Crippen molar-refractivity contribution in [2.24, 2.45) is 0 Å². The molecule has 3 aromatic carbocycles. The predicted octanol–water partition coefficient (Wildman–Crippen LogP) is 5.49. The molecule has 0 bridgehead atoms. The molecule has 8 nitrogen and oxygen atoms in total. The summed E-state index contributed by atoms with van der Waals surface area (Å²) in [6.45, 7) is 7.06. The second-order valence-corrected chi connectivity index (χ2v) is 12.8. The van der Waals surface area contributed by atoms with Crippen LogP contribution in [0.25, 0.3) is 39.0 Å². The lowest BCUT2D eigenvalue weighted by molar-refractivity contribution is -0.119. The van der Waals surface area contributed by atoms with E-state index in [-0.39, 0.29) is 17.4 Å². The maximum atomic E-state index is 11.8. The monoisotopic (exact) mass is 620 g/mol. The second kappa shape index (κ2) is 13.5. The molecule has 1 fully saturated rings. The summed E-state index contributed by atoms with van der Waals surface area (Å²) in [6, 6.07) is 25.9. The van der Waals surface area contributed by atoms with E-state index in [1.807, 2.05) is 17.0 Å². The number of nitrogens with one attached hydrogen (secondary N) is 3. The molecular weight excluding hydrogens is 581 g/mol. The highest BCUT2D eigenvalue weighted by Gasteiger charge is 2.36. The third-order valence-electron chi connectivity index (χ3n) is 8.74. The quantitative estimate of drug-likeness (QED) is 0.137. The van der Waals surface area contributed by atoms with E-state index in [4.69, 9.17) is 10.1 Å². The van der Waals surface area contributed by atoms with Crippen LogP contribution in [0.3, 0.4) is 0 Å². The Morgan fingerprint density at radius 3 is 2.24 bits per heavy atom. The van der Waals surface area contributed by atoms with Crippen LogP contribution < -0.4 is 16.0 Å². The van der Waals surface area contributed by atoms with Crippen LogP contribution in [-0.4, -0.2) is 56.4 Å². The van der Waals surface area contributed by atoms with E-state index in [9.17, 15) is 4.79 Å². The maximum Gasteiger partial charge on any atom is 0.221 e. The number of pyridine rings is 1. The number of aliphatic hydroxyl groups is 1. The molecule has 1 atom stereocenters. The Kier molecular flexibility index (Phi) is 9.32. The van der Waals surface area contributed by atoms with Crippen molar-refractivity contribution in [3.05, 3.63) is 102 Å². The zero-order valence-corrected chi connectivity index (χ0v) is 26.9. The molecule has 1 amide bonds. The maximum absolute atomic E-state index is 11.8. The smallest absolute Gasteiger partial charge is 0.221 e. The van der Waals surface area contributed by atoms with Crippen molar-refractivity contribution in [1.82, 2.24) is 30.5 Å².